The molecule has 3 N–H and O–H groups in total. The number of carbonyl (C=O) groups is 1. The zero-order valence-corrected chi connectivity index (χ0v) is 12.0. The topological polar surface area (TPSA) is 104 Å². The van der Waals surface area contributed by atoms with Crippen molar-refractivity contribution in [2.45, 2.75) is 0 Å². The number of nitrogens with one attached hydrogen (secondary N) is 2. The monoisotopic (exact) mass is 317 g/mol. The van der Waals surface area contributed by atoms with Crippen LogP contribution in [-0.2, 0) is 0 Å². The maximum atomic E-state index is 10.9. The van der Waals surface area contributed by atoms with E-state index in [0.29, 0.717) is 11.4 Å². The van der Waals surface area contributed by atoms with Crippen LogP contribution in [-0.4, -0.2) is 21.1 Å². The second-order valence-corrected chi connectivity index (χ2v) is 4.68. The van der Waals surface area contributed by atoms with Crippen molar-refractivity contribution in [1.29, 1.82) is 0 Å². The van der Waals surface area contributed by atoms with E-state index in [9.17, 15) is 14.9 Å². The van der Waals surface area contributed by atoms with Crippen LogP contribution >= 0.6 is 12.2 Å². The summed E-state index contributed by atoms with van der Waals surface area (Å²) < 4.78 is 0. The summed E-state index contributed by atoms with van der Waals surface area (Å²) in [7, 11) is 0. The molecule has 7 nitrogen and oxygen atoms in total. The lowest BCUT2D eigenvalue weighted by Crippen LogP contribution is -2.19. The number of nitro groups is 1. The van der Waals surface area contributed by atoms with Crippen molar-refractivity contribution in [1.82, 2.24) is 0 Å². The molecule has 0 aliphatic carbocycles. The first-order chi connectivity index (χ1) is 10.5. The van der Waals surface area contributed by atoms with Gasteiger partial charge in [-0.1, -0.05) is 12.1 Å². The Balaban J connectivity index is 2.07. The molecule has 0 saturated heterocycles. The molecule has 0 aliphatic rings. The lowest BCUT2D eigenvalue weighted by atomic mass is 10.2. The Labute approximate surface area is 130 Å². The molecule has 22 heavy (non-hydrogen) atoms. The summed E-state index contributed by atoms with van der Waals surface area (Å²) in [5.74, 6) is -1.04. The van der Waals surface area contributed by atoms with Gasteiger partial charge in [-0.25, -0.2) is 4.79 Å². The number of hydrogen-bond donors (Lipinski definition) is 3. The number of rotatable bonds is 4. The zero-order chi connectivity index (χ0) is 16.1. The molecule has 0 amide bonds. The molecule has 2 rings (SSSR count). The van der Waals surface area contributed by atoms with Crippen LogP contribution in [0.3, 0.4) is 0 Å². The van der Waals surface area contributed by atoms with Gasteiger partial charge in [0, 0.05) is 23.5 Å². The van der Waals surface area contributed by atoms with E-state index < -0.39 is 10.9 Å². The predicted molar refractivity (Wildman–Crippen MR) is 86.3 cm³/mol. The molecule has 0 bridgehead atoms. The van der Waals surface area contributed by atoms with E-state index in [0.717, 1.165) is 0 Å². The smallest absolute Gasteiger partial charge is 0.335 e. The van der Waals surface area contributed by atoms with E-state index >= 15 is 0 Å². The van der Waals surface area contributed by atoms with E-state index in [1.165, 1.54) is 30.3 Å². The summed E-state index contributed by atoms with van der Waals surface area (Å²) in [6.07, 6.45) is 0. The molecule has 0 atom stereocenters. The van der Waals surface area contributed by atoms with Crippen LogP contribution in [0.2, 0.25) is 0 Å². The van der Waals surface area contributed by atoms with Gasteiger partial charge in [-0.15, -0.1) is 0 Å². The van der Waals surface area contributed by atoms with Crippen molar-refractivity contribution in [3.05, 3.63) is 64.2 Å². The quantitative estimate of drug-likeness (QED) is 0.452. The van der Waals surface area contributed by atoms with Crippen LogP contribution in [0.15, 0.2) is 48.5 Å². The number of aromatic carboxylic acids is 1. The second kappa shape index (κ2) is 6.64. The Morgan fingerprint density at radius 2 is 1.68 bits per heavy atom. The first-order valence-electron chi connectivity index (χ1n) is 6.11. The van der Waals surface area contributed by atoms with Gasteiger partial charge < -0.3 is 15.7 Å². The normalized spacial score (nSPS) is 9.82. The minimum atomic E-state index is -1.04. The van der Waals surface area contributed by atoms with Crippen LogP contribution in [0.1, 0.15) is 10.4 Å². The number of benzene rings is 2. The van der Waals surface area contributed by atoms with Gasteiger partial charge in [0.2, 0.25) is 0 Å². The molecule has 2 aromatic rings. The average Bonchev–Trinajstić information content (AvgIpc) is 2.47. The largest absolute Gasteiger partial charge is 0.478 e. The van der Waals surface area contributed by atoms with E-state index in [1.807, 2.05) is 0 Å². The SMILES string of the molecule is O=C(O)c1cccc(NC(=S)Nc2cccc([N+](=O)[O-])c2)c1. The van der Waals surface area contributed by atoms with Crippen molar-refractivity contribution in [2.75, 3.05) is 10.6 Å². The Hall–Kier alpha value is -3.00. The molecular formula is C14H11N3O4S. The minimum absolute atomic E-state index is 0.0549. The van der Waals surface area contributed by atoms with Crippen molar-refractivity contribution in [2.24, 2.45) is 0 Å². The van der Waals surface area contributed by atoms with Crippen molar-refractivity contribution >= 4 is 40.4 Å². The third-order valence-electron chi connectivity index (χ3n) is 2.68. The second-order valence-electron chi connectivity index (χ2n) is 4.27. The predicted octanol–water partition coefficient (Wildman–Crippen LogP) is 3.10. The number of hydrogen-bond acceptors (Lipinski definition) is 4. The summed E-state index contributed by atoms with van der Waals surface area (Å²) in [6.45, 7) is 0. The Bertz CT molecular complexity index is 687. The molecule has 0 aliphatic heterocycles. The summed E-state index contributed by atoms with van der Waals surface area (Å²) in [6, 6.07) is 12.0. The van der Waals surface area contributed by atoms with Gasteiger partial charge in [0.05, 0.1) is 10.5 Å². The van der Waals surface area contributed by atoms with E-state index in [-0.39, 0.29) is 16.4 Å². The number of thiocarbonyl (C=S) groups is 1. The molecule has 0 aromatic heterocycles. The van der Waals surface area contributed by atoms with Gasteiger partial charge in [0.15, 0.2) is 5.11 Å². The highest BCUT2D eigenvalue weighted by Gasteiger charge is 2.07. The molecule has 8 heteroatoms. The standard InChI is InChI=1S/C14H11N3O4S/c18-13(19)9-3-1-4-10(7-9)15-14(22)16-11-5-2-6-12(8-11)17(20)21/h1-8H,(H,18,19)(H2,15,16,22). The molecule has 0 unspecified atom stereocenters. The number of nitrogens with zero attached hydrogens (tertiary/aromatic N) is 1. The van der Waals surface area contributed by atoms with Crippen molar-refractivity contribution in [3.63, 3.8) is 0 Å². The molecule has 0 spiro atoms. The van der Waals surface area contributed by atoms with Crippen LogP contribution < -0.4 is 10.6 Å². The first kappa shape index (κ1) is 15.4. The van der Waals surface area contributed by atoms with Gasteiger partial charge in [-0.2, -0.15) is 0 Å². The zero-order valence-electron chi connectivity index (χ0n) is 11.1. The van der Waals surface area contributed by atoms with E-state index in [1.54, 1.807) is 18.2 Å². The van der Waals surface area contributed by atoms with E-state index in [2.05, 4.69) is 10.6 Å². The van der Waals surface area contributed by atoms with Crippen LogP contribution in [0.25, 0.3) is 0 Å². The third kappa shape index (κ3) is 4.00. The first-order valence-corrected chi connectivity index (χ1v) is 6.52. The highest BCUT2D eigenvalue weighted by molar-refractivity contribution is 7.80. The number of nitro benzene ring substituents is 1. The van der Waals surface area contributed by atoms with Gasteiger partial charge >= 0.3 is 5.97 Å². The van der Waals surface area contributed by atoms with Gasteiger partial charge in [-0.3, -0.25) is 10.1 Å². The lowest BCUT2D eigenvalue weighted by molar-refractivity contribution is -0.384. The lowest BCUT2D eigenvalue weighted by Gasteiger charge is -2.10. The summed E-state index contributed by atoms with van der Waals surface area (Å²) >= 11 is 5.10. The number of carboxylic acids is 1. The molecule has 0 fully saturated rings. The van der Waals surface area contributed by atoms with E-state index in [4.69, 9.17) is 17.3 Å². The maximum Gasteiger partial charge on any atom is 0.335 e. The number of anilines is 2. The van der Waals surface area contributed by atoms with Gasteiger partial charge in [0.1, 0.15) is 0 Å². The number of non-ortho nitro benzene ring substituents is 1. The number of carboxylic acid groups (broad SMARTS) is 1. The van der Waals surface area contributed by atoms with Gasteiger partial charge in [-0.05, 0) is 36.5 Å². The Kier molecular flexibility index (Phi) is 4.64. The molecule has 0 saturated carbocycles. The fourth-order valence-electron chi connectivity index (χ4n) is 1.72. The van der Waals surface area contributed by atoms with Crippen LogP contribution in [0.5, 0.6) is 0 Å². The average molecular weight is 317 g/mol. The summed E-state index contributed by atoms with van der Waals surface area (Å²) in [4.78, 5) is 21.1. The molecule has 0 heterocycles. The highest BCUT2D eigenvalue weighted by Crippen LogP contribution is 2.17. The molecule has 112 valence electrons. The Morgan fingerprint density at radius 3 is 2.27 bits per heavy atom. The fourth-order valence-corrected chi connectivity index (χ4v) is 1.96. The van der Waals surface area contributed by atoms with Crippen molar-refractivity contribution in [3.8, 4) is 0 Å². The van der Waals surface area contributed by atoms with Crippen LogP contribution in [0.4, 0.5) is 17.1 Å². The fraction of sp³-hybridized carbons (Fsp3) is 0. The Morgan fingerprint density at radius 1 is 1.09 bits per heavy atom. The summed E-state index contributed by atoms with van der Waals surface area (Å²) in [5.41, 5.74) is 1.03. The molecular weight excluding hydrogens is 306 g/mol. The molecule has 0 radical (unpaired) electrons. The molecule has 2 aromatic carbocycles. The summed E-state index contributed by atoms with van der Waals surface area (Å²) in [5, 5.41) is 25.4. The maximum absolute atomic E-state index is 10.9. The van der Waals surface area contributed by atoms with Crippen LogP contribution in [0, 0.1) is 10.1 Å². The van der Waals surface area contributed by atoms with Gasteiger partial charge in [0.25, 0.3) is 5.69 Å². The minimum Gasteiger partial charge on any atom is -0.478 e. The van der Waals surface area contributed by atoms with Crippen molar-refractivity contribution < 1.29 is 14.8 Å². The highest BCUT2D eigenvalue weighted by atomic mass is 32.1. The third-order valence-corrected chi connectivity index (χ3v) is 2.89.